The van der Waals surface area contributed by atoms with Gasteiger partial charge < -0.3 is 15.5 Å². The predicted molar refractivity (Wildman–Crippen MR) is 94.3 cm³/mol. The summed E-state index contributed by atoms with van der Waals surface area (Å²) in [5, 5.41) is 6.42. The van der Waals surface area contributed by atoms with Crippen LogP contribution in [0.1, 0.15) is 31.7 Å². The molecule has 134 valence electrons. The number of benzene rings is 1. The van der Waals surface area contributed by atoms with Crippen LogP contribution in [0.5, 0.6) is 0 Å². The minimum Gasteiger partial charge on any atom is -0.357 e. The first-order valence-corrected chi connectivity index (χ1v) is 8.87. The summed E-state index contributed by atoms with van der Waals surface area (Å²) in [6, 6.07) is 3.62. The van der Waals surface area contributed by atoms with Gasteiger partial charge in [-0.05, 0) is 57.0 Å². The van der Waals surface area contributed by atoms with E-state index in [1.54, 1.807) is 0 Å². The lowest BCUT2D eigenvalue weighted by Gasteiger charge is -2.25. The number of nitrogens with one attached hydrogen (secondary N) is 2. The quantitative estimate of drug-likeness (QED) is 0.593. The van der Waals surface area contributed by atoms with Crippen LogP contribution in [-0.2, 0) is 6.42 Å². The van der Waals surface area contributed by atoms with E-state index in [0.29, 0.717) is 18.5 Å². The Balaban J connectivity index is 1.76. The maximum absolute atomic E-state index is 13.2. The second-order valence-corrected chi connectivity index (χ2v) is 6.12. The van der Waals surface area contributed by atoms with E-state index < -0.39 is 11.6 Å². The molecule has 0 aliphatic carbocycles. The standard InChI is InChI=1S/C18H28F2N4/c1-2-21-18(23-8-11-24-9-4-3-5-10-24)22-7-6-15-12-16(19)14-17(20)13-15/h12-14H,2-11H2,1H3,(H2,21,22,23). The zero-order valence-electron chi connectivity index (χ0n) is 14.5. The van der Waals surface area contributed by atoms with Crippen molar-refractivity contribution in [3.63, 3.8) is 0 Å². The Kier molecular flexibility index (Phi) is 7.95. The molecule has 1 heterocycles. The Morgan fingerprint density at radius 2 is 1.79 bits per heavy atom. The first kappa shape index (κ1) is 18.6. The van der Waals surface area contributed by atoms with Crippen LogP contribution in [0.2, 0.25) is 0 Å². The molecule has 2 rings (SSSR count). The van der Waals surface area contributed by atoms with Crippen molar-refractivity contribution >= 4 is 5.96 Å². The van der Waals surface area contributed by atoms with Gasteiger partial charge in [0.1, 0.15) is 11.6 Å². The van der Waals surface area contributed by atoms with E-state index in [2.05, 4.69) is 20.5 Å². The SMILES string of the molecule is CCNC(=NCCN1CCCCC1)NCCc1cc(F)cc(F)c1. The minimum absolute atomic E-state index is 0.535. The second kappa shape index (κ2) is 10.2. The molecule has 0 amide bonds. The lowest BCUT2D eigenvalue weighted by Crippen LogP contribution is -2.39. The molecular formula is C18H28F2N4. The van der Waals surface area contributed by atoms with Crippen molar-refractivity contribution in [2.24, 2.45) is 4.99 Å². The van der Waals surface area contributed by atoms with Gasteiger partial charge >= 0.3 is 0 Å². The highest BCUT2D eigenvalue weighted by Crippen LogP contribution is 2.08. The van der Waals surface area contributed by atoms with Crippen molar-refractivity contribution in [3.8, 4) is 0 Å². The highest BCUT2D eigenvalue weighted by molar-refractivity contribution is 5.79. The lowest BCUT2D eigenvalue weighted by atomic mass is 10.1. The molecule has 0 spiro atoms. The normalized spacial score (nSPS) is 16.2. The van der Waals surface area contributed by atoms with E-state index >= 15 is 0 Å². The molecule has 0 saturated carbocycles. The fraction of sp³-hybridized carbons (Fsp3) is 0.611. The fourth-order valence-electron chi connectivity index (χ4n) is 2.91. The number of rotatable bonds is 7. The largest absolute Gasteiger partial charge is 0.357 e. The second-order valence-electron chi connectivity index (χ2n) is 6.12. The molecule has 2 N–H and O–H groups in total. The fourth-order valence-corrected chi connectivity index (χ4v) is 2.91. The highest BCUT2D eigenvalue weighted by Gasteiger charge is 2.09. The summed E-state index contributed by atoms with van der Waals surface area (Å²) in [6.07, 6.45) is 4.45. The number of nitrogens with zero attached hydrogens (tertiary/aromatic N) is 2. The van der Waals surface area contributed by atoms with Crippen LogP contribution in [0.4, 0.5) is 8.78 Å². The van der Waals surface area contributed by atoms with Crippen molar-refractivity contribution in [1.82, 2.24) is 15.5 Å². The summed E-state index contributed by atoms with van der Waals surface area (Å²) in [5.74, 6) is -0.314. The van der Waals surface area contributed by atoms with Crippen molar-refractivity contribution in [3.05, 3.63) is 35.4 Å². The van der Waals surface area contributed by atoms with Crippen LogP contribution in [0.25, 0.3) is 0 Å². The molecule has 6 heteroatoms. The minimum atomic E-state index is -0.535. The number of guanidine groups is 1. The Labute approximate surface area is 143 Å². The van der Waals surface area contributed by atoms with Gasteiger partial charge in [0, 0.05) is 25.7 Å². The number of hydrogen-bond donors (Lipinski definition) is 2. The third-order valence-corrected chi connectivity index (χ3v) is 4.11. The molecule has 0 atom stereocenters. The van der Waals surface area contributed by atoms with E-state index in [0.717, 1.165) is 31.7 Å². The van der Waals surface area contributed by atoms with Gasteiger partial charge in [0.15, 0.2) is 5.96 Å². The number of piperidine rings is 1. The first-order chi connectivity index (χ1) is 11.7. The monoisotopic (exact) mass is 338 g/mol. The summed E-state index contributed by atoms with van der Waals surface area (Å²) in [4.78, 5) is 7.03. The topological polar surface area (TPSA) is 39.7 Å². The molecule has 1 fully saturated rings. The maximum atomic E-state index is 13.2. The van der Waals surface area contributed by atoms with Gasteiger partial charge in [-0.25, -0.2) is 8.78 Å². The van der Waals surface area contributed by atoms with Crippen LogP contribution in [0.3, 0.4) is 0 Å². The van der Waals surface area contributed by atoms with E-state index in [1.165, 1.54) is 44.5 Å². The summed E-state index contributed by atoms with van der Waals surface area (Å²) in [7, 11) is 0. The van der Waals surface area contributed by atoms with Crippen LogP contribution in [-0.4, -0.2) is 50.1 Å². The molecule has 0 aromatic heterocycles. The molecule has 0 unspecified atom stereocenters. The third-order valence-electron chi connectivity index (χ3n) is 4.11. The Morgan fingerprint density at radius 1 is 1.08 bits per heavy atom. The molecule has 1 aromatic carbocycles. The molecule has 1 aromatic rings. The van der Waals surface area contributed by atoms with Crippen molar-refractivity contribution in [2.75, 3.05) is 39.3 Å². The zero-order chi connectivity index (χ0) is 17.2. The number of halogens is 2. The summed E-state index contributed by atoms with van der Waals surface area (Å²) >= 11 is 0. The first-order valence-electron chi connectivity index (χ1n) is 8.87. The molecule has 1 aliphatic heterocycles. The van der Waals surface area contributed by atoms with Gasteiger partial charge in [0.05, 0.1) is 6.54 Å². The van der Waals surface area contributed by atoms with Crippen LogP contribution >= 0.6 is 0 Å². The van der Waals surface area contributed by atoms with E-state index in [1.807, 2.05) is 6.92 Å². The Hall–Kier alpha value is -1.69. The molecule has 1 saturated heterocycles. The molecular weight excluding hydrogens is 310 g/mol. The van der Waals surface area contributed by atoms with Gasteiger partial charge in [-0.15, -0.1) is 0 Å². The third kappa shape index (κ3) is 6.83. The van der Waals surface area contributed by atoms with Gasteiger partial charge in [-0.2, -0.15) is 0 Å². The molecule has 4 nitrogen and oxygen atoms in total. The molecule has 24 heavy (non-hydrogen) atoms. The van der Waals surface area contributed by atoms with Crippen LogP contribution in [0, 0.1) is 11.6 Å². The predicted octanol–water partition coefficient (Wildman–Crippen LogP) is 2.55. The van der Waals surface area contributed by atoms with Crippen LogP contribution in [0.15, 0.2) is 23.2 Å². The average Bonchev–Trinajstić information content (AvgIpc) is 2.55. The molecule has 0 radical (unpaired) electrons. The number of aliphatic imine (C=N–C) groups is 1. The highest BCUT2D eigenvalue weighted by atomic mass is 19.1. The maximum Gasteiger partial charge on any atom is 0.191 e. The van der Waals surface area contributed by atoms with Crippen molar-refractivity contribution in [2.45, 2.75) is 32.6 Å². The molecule has 1 aliphatic rings. The lowest BCUT2D eigenvalue weighted by molar-refractivity contribution is 0.235. The molecule has 0 bridgehead atoms. The van der Waals surface area contributed by atoms with Crippen molar-refractivity contribution < 1.29 is 8.78 Å². The number of hydrogen-bond acceptors (Lipinski definition) is 2. The van der Waals surface area contributed by atoms with E-state index in [-0.39, 0.29) is 0 Å². The Bertz CT molecular complexity index is 508. The summed E-state index contributed by atoms with van der Waals surface area (Å²) in [6.45, 7) is 7.46. The average molecular weight is 338 g/mol. The Morgan fingerprint density at radius 3 is 2.46 bits per heavy atom. The number of likely N-dealkylation sites (tertiary alicyclic amines) is 1. The zero-order valence-corrected chi connectivity index (χ0v) is 14.5. The van der Waals surface area contributed by atoms with Gasteiger partial charge in [0.25, 0.3) is 0 Å². The van der Waals surface area contributed by atoms with E-state index in [4.69, 9.17) is 0 Å². The van der Waals surface area contributed by atoms with E-state index in [9.17, 15) is 8.78 Å². The van der Waals surface area contributed by atoms with Gasteiger partial charge in [-0.3, -0.25) is 4.99 Å². The van der Waals surface area contributed by atoms with Crippen molar-refractivity contribution in [1.29, 1.82) is 0 Å². The van der Waals surface area contributed by atoms with Gasteiger partial charge in [-0.1, -0.05) is 6.42 Å². The summed E-state index contributed by atoms with van der Waals surface area (Å²) < 4.78 is 26.4. The smallest absolute Gasteiger partial charge is 0.191 e. The van der Waals surface area contributed by atoms with Gasteiger partial charge in [0.2, 0.25) is 0 Å². The van der Waals surface area contributed by atoms with Crippen LogP contribution < -0.4 is 10.6 Å². The summed E-state index contributed by atoms with van der Waals surface area (Å²) in [5.41, 5.74) is 0.643.